The molecule has 0 aliphatic carbocycles. The van der Waals surface area contributed by atoms with Crippen molar-refractivity contribution < 1.29 is 0 Å². The van der Waals surface area contributed by atoms with E-state index in [1.54, 1.807) is 0 Å². The van der Waals surface area contributed by atoms with E-state index in [-0.39, 0.29) is 6.17 Å². The minimum atomic E-state index is -0.308. The molecule has 1 aliphatic heterocycles. The molecule has 9 aromatic rings. The first kappa shape index (κ1) is 28.3. The molecule has 0 radical (unpaired) electrons. The van der Waals surface area contributed by atoms with E-state index in [1.807, 2.05) is 24.3 Å². The van der Waals surface area contributed by atoms with Gasteiger partial charge in [0.15, 0.2) is 0 Å². The van der Waals surface area contributed by atoms with Crippen molar-refractivity contribution >= 4 is 55.4 Å². The van der Waals surface area contributed by atoms with Gasteiger partial charge in [-0.2, -0.15) is 4.99 Å². The average Bonchev–Trinajstić information content (AvgIpc) is 3.74. The summed E-state index contributed by atoms with van der Waals surface area (Å²) in [5, 5.41) is 8.40. The van der Waals surface area contributed by atoms with E-state index >= 15 is 0 Å². The molecule has 0 fully saturated rings. The first-order valence-electron chi connectivity index (χ1n) is 17.0. The molecule has 7 aromatic carbocycles. The third-order valence-electron chi connectivity index (χ3n) is 9.79. The molecule has 5 nitrogen and oxygen atoms in total. The summed E-state index contributed by atoms with van der Waals surface area (Å²) in [6.45, 7) is 0. The number of hydrogen-bond donors (Lipinski definition) is 2. The van der Waals surface area contributed by atoms with Gasteiger partial charge in [0.1, 0.15) is 12.0 Å². The van der Waals surface area contributed by atoms with Crippen molar-refractivity contribution in [2.75, 3.05) is 0 Å². The number of aromatic amines is 1. The number of aliphatic imine (C=N–C) groups is 2. The van der Waals surface area contributed by atoms with Crippen LogP contribution in [0, 0.1) is 0 Å². The van der Waals surface area contributed by atoms with Crippen LogP contribution in [0.2, 0.25) is 0 Å². The number of benzene rings is 7. The Kier molecular flexibility index (Phi) is 6.49. The highest BCUT2D eigenvalue weighted by atomic mass is 15.3. The fourth-order valence-corrected chi connectivity index (χ4v) is 7.43. The predicted molar refractivity (Wildman–Crippen MR) is 208 cm³/mol. The summed E-state index contributed by atoms with van der Waals surface area (Å²) in [5.41, 5.74) is 11.1. The maximum atomic E-state index is 5.32. The fraction of sp³-hybridized carbons (Fsp3) is 0.0222. The molecule has 5 heteroatoms. The Labute approximate surface area is 288 Å². The molecular weight excluding hydrogens is 611 g/mol. The van der Waals surface area contributed by atoms with E-state index in [2.05, 4.69) is 160 Å². The standard InChI is InChI=1S/C45H31N5/c1-4-14-29(15-5-1)37-26-33(32-24-25-35-34-20-10-12-22-39(34)46-40(35)28-32)27-38-36-21-11-13-23-41(36)50(42(37)38)45-48-43(30-16-6-2-7-17-30)47-44(49-45)31-18-8-3-9-19-31/h1-28,43,46H,(H,47,48,49). The van der Waals surface area contributed by atoms with E-state index in [0.29, 0.717) is 5.96 Å². The molecule has 0 saturated heterocycles. The molecule has 50 heavy (non-hydrogen) atoms. The van der Waals surface area contributed by atoms with Gasteiger partial charge in [-0.25, -0.2) is 4.99 Å². The summed E-state index contributed by atoms with van der Waals surface area (Å²) in [6.07, 6.45) is -0.308. The summed E-state index contributed by atoms with van der Waals surface area (Å²) in [4.78, 5) is 14.2. The molecule has 1 aliphatic rings. The van der Waals surface area contributed by atoms with Crippen molar-refractivity contribution in [3.63, 3.8) is 0 Å². The molecule has 2 aromatic heterocycles. The Morgan fingerprint density at radius 3 is 1.94 bits per heavy atom. The zero-order valence-electron chi connectivity index (χ0n) is 27.1. The van der Waals surface area contributed by atoms with Crippen molar-refractivity contribution in [1.29, 1.82) is 0 Å². The van der Waals surface area contributed by atoms with Crippen LogP contribution in [0.1, 0.15) is 17.3 Å². The number of H-pyrrole nitrogens is 1. The number of hydrogen-bond acceptors (Lipinski definition) is 3. The van der Waals surface area contributed by atoms with Crippen LogP contribution in [0.25, 0.3) is 65.9 Å². The highest BCUT2D eigenvalue weighted by Crippen LogP contribution is 2.41. The van der Waals surface area contributed by atoms with Gasteiger partial charge in [0.2, 0.25) is 5.96 Å². The van der Waals surface area contributed by atoms with Crippen molar-refractivity contribution in [2.24, 2.45) is 9.98 Å². The molecule has 0 amide bonds. The molecule has 10 rings (SSSR count). The van der Waals surface area contributed by atoms with E-state index in [4.69, 9.17) is 9.98 Å². The van der Waals surface area contributed by atoms with E-state index in [1.165, 1.54) is 10.8 Å². The number of nitrogens with one attached hydrogen (secondary N) is 2. The normalized spacial score (nSPS) is 14.6. The quantitative estimate of drug-likeness (QED) is 0.197. The molecule has 0 spiro atoms. The van der Waals surface area contributed by atoms with Gasteiger partial charge < -0.3 is 10.3 Å². The summed E-state index contributed by atoms with van der Waals surface area (Å²) in [5.74, 6) is 1.44. The summed E-state index contributed by atoms with van der Waals surface area (Å²) >= 11 is 0. The van der Waals surface area contributed by atoms with Gasteiger partial charge in [0.05, 0.1) is 11.0 Å². The Balaban J connectivity index is 1.26. The summed E-state index contributed by atoms with van der Waals surface area (Å²) < 4.78 is 2.26. The zero-order chi connectivity index (χ0) is 33.0. The van der Waals surface area contributed by atoms with Crippen molar-refractivity contribution in [3.8, 4) is 22.3 Å². The molecule has 0 bridgehead atoms. The highest BCUT2D eigenvalue weighted by molar-refractivity contribution is 6.21. The van der Waals surface area contributed by atoms with Gasteiger partial charge in [-0.1, -0.05) is 140 Å². The largest absolute Gasteiger partial charge is 0.354 e. The number of amidine groups is 1. The Morgan fingerprint density at radius 2 is 1.14 bits per heavy atom. The van der Waals surface area contributed by atoms with Gasteiger partial charge >= 0.3 is 0 Å². The third-order valence-corrected chi connectivity index (χ3v) is 9.79. The van der Waals surface area contributed by atoms with Crippen LogP contribution >= 0.6 is 0 Å². The maximum Gasteiger partial charge on any atom is 0.234 e. The van der Waals surface area contributed by atoms with Crippen molar-refractivity contribution in [2.45, 2.75) is 6.17 Å². The topological polar surface area (TPSA) is 57.5 Å². The zero-order valence-corrected chi connectivity index (χ0v) is 27.1. The van der Waals surface area contributed by atoms with E-state index < -0.39 is 0 Å². The monoisotopic (exact) mass is 641 g/mol. The van der Waals surface area contributed by atoms with Crippen LogP contribution < -0.4 is 5.32 Å². The van der Waals surface area contributed by atoms with Crippen LogP contribution in [0.4, 0.5) is 0 Å². The minimum absolute atomic E-state index is 0.308. The highest BCUT2D eigenvalue weighted by Gasteiger charge is 2.25. The number of nitrogens with zero attached hydrogens (tertiary/aromatic N) is 3. The van der Waals surface area contributed by atoms with E-state index in [0.717, 1.165) is 72.1 Å². The number of para-hydroxylation sites is 2. The van der Waals surface area contributed by atoms with Crippen LogP contribution in [0.15, 0.2) is 180 Å². The second-order valence-electron chi connectivity index (χ2n) is 12.8. The lowest BCUT2D eigenvalue weighted by Crippen LogP contribution is -2.35. The van der Waals surface area contributed by atoms with Crippen molar-refractivity contribution in [3.05, 3.63) is 181 Å². The lowest BCUT2D eigenvalue weighted by Gasteiger charge is -2.24. The maximum absolute atomic E-state index is 5.32. The summed E-state index contributed by atoms with van der Waals surface area (Å²) in [6, 6.07) is 59.9. The molecule has 1 unspecified atom stereocenters. The predicted octanol–water partition coefficient (Wildman–Crippen LogP) is 10.7. The molecule has 0 saturated carbocycles. The first-order valence-corrected chi connectivity index (χ1v) is 17.0. The van der Waals surface area contributed by atoms with E-state index in [9.17, 15) is 0 Å². The molecule has 236 valence electrons. The van der Waals surface area contributed by atoms with Gasteiger partial charge in [-0.15, -0.1) is 0 Å². The molecule has 3 heterocycles. The summed E-state index contributed by atoms with van der Waals surface area (Å²) in [7, 11) is 0. The number of fused-ring (bicyclic) bond motifs is 6. The molecule has 1 atom stereocenters. The fourth-order valence-electron chi connectivity index (χ4n) is 7.43. The van der Waals surface area contributed by atoms with Crippen molar-refractivity contribution in [1.82, 2.24) is 14.9 Å². The molecular formula is C45H31N5. The third kappa shape index (κ3) is 4.63. The van der Waals surface area contributed by atoms with Gasteiger partial charge in [0.25, 0.3) is 0 Å². The minimum Gasteiger partial charge on any atom is -0.354 e. The number of rotatable bonds is 4. The molecule has 2 N–H and O–H groups in total. The Morgan fingerprint density at radius 1 is 0.480 bits per heavy atom. The SMILES string of the molecule is c1ccc(C2=NC(n3c4ccccc4c4cc(-c5ccc6c(c5)[nH]c5ccccc56)cc(-c5ccccc5)c43)=NC(c3ccccc3)N2)cc1. The average molecular weight is 642 g/mol. The second kappa shape index (κ2) is 11.5. The van der Waals surface area contributed by atoms with Crippen LogP contribution in [-0.4, -0.2) is 21.3 Å². The lowest BCUT2D eigenvalue weighted by molar-refractivity contribution is 0.668. The van der Waals surface area contributed by atoms with Crippen LogP contribution in [0.3, 0.4) is 0 Å². The van der Waals surface area contributed by atoms with Gasteiger partial charge in [0, 0.05) is 43.7 Å². The Bertz CT molecular complexity index is 2770. The number of aromatic nitrogens is 2. The first-order chi connectivity index (χ1) is 24.8. The van der Waals surface area contributed by atoms with Crippen LogP contribution in [0.5, 0.6) is 0 Å². The Hall–Kier alpha value is -6.72. The van der Waals surface area contributed by atoms with Gasteiger partial charge in [-0.05, 0) is 52.6 Å². The van der Waals surface area contributed by atoms with Crippen LogP contribution in [-0.2, 0) is 0 Å². The van der Waals surface area contributed by atoms with Gasteiger partial charge in [-0.3, -0.25) is 4.57 Å². The lowest BCUT2D eigenvalue weighted by atomic mass is 9.95. The smallest absolute Gasteiger partial charge is 0.234 e. The second-order valence-corrected chi connectivity index (χ2v) is 12.8.